The molecule has 4 unspecified atom stereocenters. The van der Waals surface area contributed by atoms with Crippen molar-refractivity contribution in [2.75, 3.05) is 13.1 Å². The molecule has 9 heteroatoms. The van der Waals surface area contributed by atoms with E-state index in [0.717, 1.165) is 55.0 Å². The number of halogens is 3. The summed E-state index contributed by atoms with van der Waals surface area (Å²) >= 11 is 8.53. The first kappa shape index (κ1) is 31.2. The summed E-state index contributed by atoms with van der Waals surface area (Å²) in [4.78, 5) is 20.1. The standard InChI is InChI=1S/C38H40ClF2N5S/c1-23(40)16-27-10-12-33(43-27)36-34-17-24(6-4-14-45-28-18-25(19-29(45)21-28)32-7-2-3-13-42-32)22-46(34)38(35-8-5-15-47-35)44-37(36)30-11-9-26(41)20-31(30)39/h2-3,5,7,9-13,15-16,20,23-25,28-29,35,37H,4,6,8,14,17-19,21-22H2,1H3/b27-16-/t23?,24-,25?,28?,29?,35?,37-/m0/s1. The minimum absolute atomic E-state index is 0.225. The molecule has 2 aromatic rings. The third kappa shape index (κ3) is 6.17. The van der Waals surface area contributed by atoms with E-state index in [0.29, 0.717) is 34.6 Å². The normalized spacial score (nSPS) is 31.3. The molecule has 5 nitrogen and oxygen atoms in total. The van der Waals surface area contributed by atoms with Gasteiger partial charge >= 0.3 is 0 Å². The molecule has 0 amide bonds. The van der Waals surface area contributed by atoms with E-state index in [2.05, 4.69) is 38.4 Å². The number of allylic oxidation sites excluding steroid dienone is 5. The zero-order chi connectivity index (χ0) is 32.1. The number of fused-ring (bicyclic) bond motifs is 3. The number of hydrogen-bond acceptors (Lipinski definition) is 6. The van der Waals surface area contributed by atoms with Crippen LogP contribution in [0.2, 0.25) is 5.02 Å². The molecule has 0 radical (unpaired) electrons. The Morgan fingerprint density at radius 2 is 2.00 bits per heavy atom. The summed E-state index contributed by atoms with van der Waals surface area (Å²) in [7, 11) is 0. The number of benzene rings is 1. The highest BCUT2D eigenvalue weighted by atomic mass is 35.5. The minimum atomic E-state index is -1.10. The van der Waals surface area contributed by atoms with Crippen molar-refractivity contribution in [3.8, 4) is 0 Å². The fourth-order valence-corrected chi connectivity index (χ4v) is 9.78. The zero-order valence-corrected chi connectivity index (χ0v) is 28.2. The molecular formula is C38H40ClF2N5S. The van der Waals surface area contributed by atoms with Crippen molar-refractivity contribution < 1.29 is 8.78 Å². The molecule has 7 aliphatic rings. The minimum Gasteiger partial charge on any atom is -0.332 e. The maximum absolute atomic E-state index is 14.2. The van der Waals surface area contributed by atoms with Gasteiger partial charge in [-0.3, -0.25) is 14.9 Å². The van der Waals surface area contributed by atoms with Gasteiger partial charge in [0, 0.05) is 58.3 Å². The molecule has 4 fully saturated rings. The molecule has 2 bridgehead atoms. The first-order chi connectivity index (χ1) is 22.9. The van der Waals surface area contributed by atoms with Gasteiger partial charge in [0.1, 0.15) is 23.9 Å². The van der Waals surface area contributed by atoms with Crippen LogP contribution in [0.4, 0.5) is 8.78 Å². The Labute approximate surface area is 285 Å². The van der Waals surface area contributed by atoms with Gasteiger partial charge in [-0.05, 0) is 112 Å². The highest BCUT2D eigenvalue weighted by molar-refractivity contribution is 8.03. The van der Waals surface area contributed by atoms with Crippen LogP contribution >= 0.6 is 23.4 Å². The average molecular weight is 672 g/mol. The lowest BCUT2D eigenvalue weighted by Gasteiger charge is -2.55. The number of piperidine rings is 1. The second kappa shape index (κ2) is 13.1. The van der Waals surface area contributed by atoms with E-state index in [9.17, 15) is 8.78 Å². The lowest BCUT2D eigenvalue weighted by Crippen LogP contribution is -2.60. The van der Waals surface area contributed by atoms with E-state index >= 15 is 0 Å². The van der Waals surface area contributed by atoms with Gasteiger partial charge in [-0.15, -0.1) is 11.8 Å². The average Bonchev–Trinajstić information content (AvgIpc) is 3.85. The van der Waals surface area contributed by atoms with E-state index in [-0.39, 0.29) is 11.1 Å². The molecule has 47 heavy (non-hydrogen) atoms. The number of alkyl halides is 1. The summed E-state index contributed by atoms with van der Waals surface area (Å²) < 4.78 is 28.1. The molecule has 1 aliphatic carbocycles. The Kier molecular flexibility index (Phi) is 8.69. The predicted molar refractivity (Wildman–Crippen MR) is 188 cm³/mol. The Morgan fingerprint density at radius 3 is 2.74 bits per heavy atom. The van der Waals surface area contributed by atoms with Crippen molar-refractivity contribution in [3.05, 3.63) is 111 Å². The van der Waals surface area contributed by atoms with Gasteiger partial charge in [-0.25, -0.2) is 13.8 Å². The summed E-state index contributed by atoms with van der Waals surface area (Å²) in [6.45, 7) is 3.58. The molecule has 3 saturated heterocycles. The molecule has 6 atom stereocenters. The van der Waals surface area contributed by atoms with E-state index in [4.69, 9.17) is 21.6 Å². The quantitative estimate of drug-likeness (QED) is 0.267. The Balaban J connectivity index is 1.04. The number of amidine groups is 1. The monoisotopic (exact) mass is 671 g/mol. The number of pyridine rings is 1. The number of aliphatic imine (C=N–C) groups is 2. The Morgan fingerprint density at radius 1 is 1.13 bits per heavy atom. The third-order valence-corrected chi connectivity index (χ3v) is 12.1. The first-order valence-corrected chi connectivity index (χ1v) is 18.4. The summed E-state index contributed by atoms with van der Waals surface area (Å²) in [6.07, 6.45) is 16.3. The number of hydrogen-bond donors (Lipinski definition) is 0. The lowest BCUT2D eigenvalue weighted by atomic mass is 9.72. The molecule has 1 aromatic carbocycles. The zero-order valence-electron chi connectivity index (χ0n) is 26.6. The van der Waals surface area contributed by atoms with E-state index < -0.39 is 12.2 Å². The van der Waals surface area contributed by atoms with Crippen LogP contribution in [0.3, 0.4) is 0 Å². The van der Waals surface area contributed by atoms with Crippen molar-refractivity contribution in [1.29, 1.82) is 0 Å². The van der Waals surface area contributed by atoms with Gasteiger partial charge in [0.25, 0.3) is 0 Å². The summed E-state index contributed by atoms with van der Waals surface area (Å²) in [5.41, 5.74) is 5.67. The molecule has 1 saturated carbocycles. The van der Waals surface area contributed by atoms with Crippen molar-refractivity contribution in [2.24, 2.45) is 15.9 Å². The van der Waals surface area contributed by atoms with Gasteiger partial charge in [-0.1, -0.05) is 29.8 Å². The summed E-state index contributed by atoms with van der Waals surface area (Å²) in [5, 5.41) is 2.75. The number of aromatic nitrogens is 1. The predicted octanol–water partition coefficient (Wildman–Crippen LogP) is 8.98. The van der Waals surface area contributed by atoms with Crippen LogP contribution in [0.5, 0.6) is 0 Å². The van der Waals surface area contributed by atoms with Crippen molar-refractivity contribution in [3.63, 3.8) is 0 Å². The number of nitrogens with zero attached hydrogens (tertiary/aromatic N) is 5. The van der Waals surface area contributed by atoms with Gasteiger partial charge in [0.2, 0.25) is 0 Å². The fraction of sp³-hybridized carbons (Fsp3) is 0.447. The van der Waals surface area contributed by atoms with Crippen LogP contribution in [-0.4, -0.2) is 62.9 Å². The fourth-order valence-electron chi connectivity index (χ4n) is 8.57. The van der Waals surface area contributed by atoms with Gasteiger partial charge in [-0.2, -0.15) is 0 Å². The third-order valence-electron chi connectivity index (χ3n) is 10.7. The van der Waals surface area contributed by atoms with Crippen LogP contribution < -0.4 is 0 Å². The first-order valence-electron chi connectivity index (χ1n) is 17.0. The maximum Gasteiger partial charge on any atom is 0.124 e. The largest absolute Gasteiger partial charge is 0.332 e. The SMILES string of the molecule is CC(F)/C=C1/C=CC(C2=C3C[C@H](CCCN4C5CC(c6ccccn6)CC4C5)CN3C(C3CC=CS3)=N[C@H]2c2ccc(F)cc2Cl)=N1. The van der Waals surface area contributed by atoms with Gasteiger partial charge in [0.15, 0.2) is 0 Å². The second-order valence-corrected chi connectivity index (χ2v) is 15.3. The van der Waals surface area contributed by atoms with Crippen LogP contribution in [0.25, 0.3) is 0 Å². The van der Waals surface area contributed by atoms with Crippen molar-refractivity contribution in [1.82, 2.24) is 14.8 Å². The maximum atomic E-state index is 14.2. The number of thioether (sulfide) groups is 1. The molecule has 6 aliphatic heterocycles. The van der Waals surface area contributed by atoms with Crippen LogP contribution in [0.15, 0.2) is 99.3 Å². The topological polar surface area (TPSA) is 44.1 Å². The van der Waals surface area contributed by atoms with E-state index in [1.165, 1.54) is 62.2 Å². The Hall–Kier alpha value is -3.07. The summed E-state index contributed by atoms with van der Waals surface area (Å²) in [5.74, 6) is 1.78. The lowest BCUT2D eigenvalue weighted by molar-refractivity contribution is -0.0384. The highest BCUT2D eigenvalue weighted by Gasteiger charge is 2.46. The van der Waals surface area contributed by atoms with Crippen molar-refractivity contribution >= 4 is 34.9 Å². The molecule has 7 heterocycles. The van der Waals surface area contributed by atoms with Crippen molar-refractivity contribution in [2.45, 2.75) is 87.3 Å². The van der Waals surface area contributed by atoms with Crippen LogP contribution in [0.1, 0.15) is 75.1 Å². The molecular weight excluding hydrogens is 632 g/mol. The highest BCUT2D eigenvalue weighted by Crippen LogP contribution is 2.48. The molecule has 0 spiro atoms. The molecule has 244 valence electrons. The number of rotatable bonds is 9. The second-order valence-electron chi connectivity index (χ2n) is 13.8. The van der Waals surface area contributed by atoms with E-state index in [1.807, 2.05) is 36.2 Å². The smallest absolute Gasteiger partial charge is 0.124 e. The molecule has 1 aromatic heterocycles. The molecule has 0 N–H and O–H groups in total. The van der Waals surface area contributed by atoms with E-state index in [1.54, 1.807) is 6.07 Å². The van der Waals surface area contributed by atoms with Crippen LogP contribution in [0, 0.1) is 11.7 Å². The van der Waals surface area contributed by atoms with Crippen LogP contribution in [-0.2, 0) is 0 Å². The van der Waals surface area contributed by atoms with Gasteiger partial charge in [0.05, 0.1) is 16.7 Å². The summed E-state index contributed by atoms with van der Waals surface area (Å²) in [6, 6.07) is 11.8. The molecule has 9 rings (SSSR count). The Bertz CT molecular complexity index is 1700. The van der Waals surface area contributed by atoms with Gasteiger partial charge < -0.3 is 4.90 Å².